The number of likely N-dealkylation sites (tertiary alicyclic amines) is 1. The highest BCUT2D eigenvalue weighted by Gasteiger charge is 2.47. The Labute approximate surface area is 203 Å². The predicted molar refractivity (Wildman–Crippen MR) is 123 cm³/mol. The van der Waals surface area contributed by atoms with Crippen LogP contribution < -0.4 is 5.48 Å². The van der Waals surface area contributed by atoms with Gasteiger partial charge in [-0.2, -0.15) is 4.31 Å². The molecule has 4 rings (SSSR count). The summed E-state index contributed by atoms with van der Waals surface area (Å²) in [6.45, 7) is 1.33. The molecular formula is C23H30FN3O7S. The molecule has 0 spiro atoms. The van der Waals surface area contributed by atoms with Crippen molar-refractivity contribution in [2.45, 2.75) is 31.8 Å². The molecule has 0 aliphatic carbocycles. The molecule has 1 aromatic carbocycles. The number of hydrogen-bond acceptors (Lipinski definition) is 7. The van der Waals surface area contributed by atoms with Gasteiger partial charge in [0.2, 0.25) is 10.0 Å². The number of benzene rings is 1. The predicted octanol–water partition coefficient (Wildman–Crippen LogP) is 1.76. The van der Waals surface area contributed by atoms with Crippen LogP contribution in [0.3, 0.4) is 0 Å². The van der Waals surface area contributed by atoms with Gasteiger partial charge in [-0.05, 0) is 30.9 Å². The van der Waals surface area contributed by atoms with Gasteiger partial charge in [-0.3, -0.25) is 10.0 Å². The number of ether oxygens (including phenoxy) is 2. The van der Waals surface area contributed by atoms with Gasteiger partial charge in [-0.25, -0.2) is 23.1 Å². The number of hydroxylamine groups is 1. The fourth-order valence-electron chi connectivity index (χ4n) is 4.81. The van der Waals surface area contributed by atoms with Gasteiger partial charge in [0.25, 0.3) is 5.91 Å². The van der Waals surface area contributed by atoms with E-state index >= 15 is 0 Å². The van der Waals surface area contributed by atoms with Crippen LogP contribution >= 0.6 is 0 Å². The minimum Gasteiger partial charge on any atom is -0.444 e. The van der Waals surface area contributed by atoms with E-state index in [0.29, 0.717) is 31.6 Å². The molecule has 0 radical (unpaired) electrons. The van der Waals surface area contributed by atoms with Crippen molar-refractivity contribution >= 4 is 27.6 Å². The Morgan fingerprint density at radius 1 is 1.23 bits per heavy atom. The first-order valence-corrected chi connectivity index (χ1v) is 13.2. The van der Waals surface area contributed by atoms with E-state index < -0.39 is 33.2 Å². The second kappa shape index (κ2) is 10.6. The van der Waals surface area contributed by atoms with Crippen LogP contribution in [0.25, 0.3) is 5.57 Å². The topological polar surface area (TPSA) is 125 Å². The summed E-state index contributed by atoms with van der Waals surface area (Å²) in [5.74, 6) is -1.66. The molecule has 192 valence electrons. The highest BCUT2D eigenvalue weighted by Crippen LogP contribution is 2.36. The lowest BCUT2D eigenvalue weighted by molar-refractivity contribution is -0.141. The van der Waals surface area contributed by atoms with E-state index in [0.717, 1.165) is 5.57 Å². The fourth-order valence-corrected chi connectivity index (χ4v) is 6.78. The Bertz CT molecular complexity index is 1080. The molecule has 10 nitrogen and oxygen atoms in total. The van der Waals surface area contributed by atoms with Gasteiger partial charge in [0.15, 0.2) is 0 Å². The van der Waals surface area contributed by atoms with E-state index in [9.17, 15) is 27.6 Å². The number of halogens is 1. The van der Waals surface area contributed by atoms with Crippen LogP contribution in [0.5, 0.6) is 0 Å². The molecule has 3 aliphatic rings. The number of sulfonamides is 1. The smallest absolute Gasteiger partial charge is 0.410 e. The fraction of sp³-hybridized carbons (Fsp3) is 0.565. The zero-order chi connectivity index (χ0) is 25.1. The van der Waals surface area contributed by atoms with Crippen LogP contribution in [-0.2, 0) is 24.3 Å². The first kappa shape index (κ1) is 25.5. The average molecular weight is 512 g/mol. The van der Waals surface area contributed by atoms with Crippen LogP contribution in [-0.4, -0.2) is 86.1 Å². The number of piperidine rings is 1. The molecule has 35 heavy (non-hydrogen) atoms. The highest BCUT2D eigenvalue weighted by molar-refractivity contribution is 7.89. The van der Waals surface area contributed by atoms with E-state index in [1.54, 1.807) is 29.8 Å². The molecule has 0 saturated carbocycles. The summed E-state index contributed by atoms with van der Waals surface area (Å²) in [6.07, 6.45) is 1.92. The van der Waals surface area contributed by atoms with E-state index in [1.807, 2.05) is 0 Å². The molecule has 1 atom stereocenters. The van der Waals surface area contributed by atoms with Crippen molar-refractivity contribution < 1.29 is 37.1 Å². The minimum atomic E-state index is -3.90. The Hall–Kier alpha value is -2.54. The number of carbonyl (C=O) groups is 2. The third-order valence-corrected chi connectivity index (χ3v) is 9.00. The lowest BCUT2D eigenvalue weighted by atomic mass is 9.79. The minimum absolute atomic E-state index is 0.0546. The number of nitrogens with one attached hydrogen (secondary N) is 1. The summed E-state index contributed by atoms with van der Waals surface area (Å²) < 4.78 is 52.5. The highest BCUT2D eigenvalue weighted by atomic mass is 32.2. The maximum atomic E-state index is 14.1. The molecule has 2 fully saturated rings. The number of rotatable bonds is 6. The third kappa shape index (κ3) is 5.66. The SMILES string of the molecule is O=C(OC1CCOC1)N1CCC(CS(=O)(=O)N2CC=C(c3ccccc3F)CC2)(C(=O)NO)CC1. The van der Waals surface area contributed by atoms with Crippen molar-refractivity contribution in [2.75, 3.05) is 45.1 Å². The largest absolute Gasteiger partial charge is 0.444 e. The van der Waals surface area contributed by atoms with Crippen LogP contribution in [0.15, 0.2) is 30.3 Å². The number of nitrogens with zero attached hydrogens (tertiary/aromatic N) is 2. The normalized spacial score (nSPS) is 23.0. The molecule has 1 unspecified atom stereocenters. The summed E-state index contributed by atoms with van der Waals surface area (Å²) in [4.78, 5) is 26.5. The second-order valence-electron chi connectivity index (χ2n) is 9.15. The molecule has 3 aliphatic heterocycles. The number of hydrogen-bond donors (Lipinski definition) is 2. The summed E-state index contributed by atoms with van der Waals surface area (Å²) in [7, 11) is -3.90. The molecule has 2 amide bonds. The zero-order valence-corrected chi connectivity index (χ0v) is 20.1. The van der Waals surface area contributed by atoms with E-state index in [2.05, 4.69) is 0 Å². The van der Waals surface area contributed by atoms with Crippen LogP contribution in [0.1, 0.15) is 31.2 Å². The van der Waals surface area contributed by atoms with Crippen LogP contribution in [0.4, 0.5) is 9.18 Å². The van der Waals surface area contributed by atoms with Crippen molar-refractivity contribution in [2.24, 2.45) is 5.41 Å². The summed E-state index contributed by atoms with van der Waals surface area (Å²) in [6, 6.07) is 6.34. The Balaban J connectivity index is 1.41. The maximum absolute atomic E-state index is 14.1. The lowest BCUT2D eigenvalue weighted by Gasteiger charge is -2.40. The van der Waals surface area contributed by atoms with Gasteiger partial charge in [-0.1, -0.05) is 24.3 Å². The molecular weight excluding hydrogens is 481 g/mol. The van der Waals surface area contributed by atoms with E-state index in [4.69, 9.17) is 9.47 Å². The Morgan fingerprint density at radius 2 is 1.97 bits per heavy atom. The Kier molecular flexibility index (Phi) is 7.74. The van der Waals surface area contributed by atoms with E-state index in [1.165, 1.54) is 15.3 Å². The third-order valence-electron chi connectivity index (χ3n) is 6.96. The van der Waals surface area contributed by atoms with Crippen molar-refractivity contribution in [1.29, 1.82) is 0 Å². The van der Waals surface area contributed by atoms with E-state index in [-0.39, 0.29) is 50.9 Å². The maximum Gasteiger partial charge on any atom is 0.410 e. The first-order chi connectivity index (χ1) is 16.7. The zero-order valence-electron chi connectivity index (χ0n) is 19.3. The molecule has 2 saturated heterocycles. The van der Waals surface area contributed by atoms with Gasteiger partial charge in [0.05, 0.1) is 24.4 Å². The van der Waals surface area contributed by atoms with Gasteiger partial charge in [0.1, 0.15) is 11.9 Å². The molecule has 3 heterocycles. The quantitative estimate of drug-likeness (QED) is 0.440. The van der Waals surface area contributed by atoms with Gasteiger partial charge >= 0.3 is 6.09 Å². The average Bonchev–Trinajstić information content (AvgIpc) is 3.37. The first-order valence-electron chi connectivity index (χ1n) is 11.6. The van der Waals surface area contributed by atoms with Crippen molar-refractivity contribution in [3.8, 4) is 0 Å². The molecule has 2 N–H and O–H groups in total. The Morgan fingerprint density at radius 3 is 2.57 bits per heavy atom. The van der Waals surface area contributed by atoms with Crippen molar-refractivity contribution in [3.05, 3.63) is 41.7 Å². The number of amides is 2. The molecule has 0 aromatic heterocycles. The summed E-state index contributed by atoms with van der Waals surface area (Å²) in [5, 5.41) is 9.34. The monoisotopic (exact) mass is 511 g/mol. The van der Waals surface area contributed by atoms with Gasteiger partial charge in [-0.15, -0.1) is 0 Å². The lowest BCUT2D eigenvalue weighted by Crippen LogP contribution is -2.54. The summed E-state index contributed by atoms with van der Waals surface area (Å²) in [5.41, 5.74) is 1.40. The molecule has 12 heteroatoms. The number of carbonyl (C=O) groups excluding carboxylic acids is 2. The molecule has 0 bridgehead atoms. The van der Waals surface area contributed by atoms with Crippen LogP contribution in [0.2, 0.25) is 0 Å². The van der Waals surface area contributed by atoms with Crippen LogP contribution in [0, 0.1) is 11.2 Å². The van der Waals surface area contributed by atoms with Gasteiger partial charge < -0.3 is 14.4 Å². The standard InChI is InChI=1S/C23H30FN3O7S/c24-20-4-2-1-3-19(20)17-5-10-27(11-6-17)35(31,32)16-23(21(28)25-30)8-12-26(13-9-23)22(29)34-18-7-14-33-15-18/h1-5,18,30H,6-16H2,(H,25,28). The van der Waals surface area contributed by atoms with Crippen molar-refractivity contribution in [3.63, 3.8) is 0 Å². The van der Waals surface area contributed by atoms with Crippen molar-refractivity contribution in [1.82, 2.24) is 14.7 Å². The summed E-state index contributed by atoms with van der Waals surface area (Å²) >= 11 is 0. The molecule has 1 aromatic rings. The second-order valence-corrected chi connectivity index (χ2v) is 11.1. The van der Waals surface area contributed by atoms with Gasteiger partial charge in [0, 0.05) is 38.2 Å².